The molecule has 136 valence electrons. The molecule has 1 heterocycles. The molecule has 4 N–H and O–H groups in total. The number of aromatic amines is 1. The minimum Gasteiger partial charge on any atom is -0.322 e. The fourth-order valence-electron chi connectivity index (χ4n) is 2.96. The number of H-pyrrole nitrogens is 1. The first-order chi connectivity index (χ1) is 12.4. The highest BCUT2D eigenvalue weighted by Crippen LogP contribution is 2.20. The van der Waals surface area contributed by atoms with Crippen molar-refractivity contribution in [2.24, 2.45) is 5.14 Å². The molecule has 1 aromatic heterocycles. The van der Waals surface area contributed by atoms with Gasteiger partial charge in [-0.3, -0.25) is 4.79 Å². The van der Waals surface area contributed by atoms with Gasteiger partial charge in [0.15, 0.2) is 0 Å². The molecule has 0 fully saturated rings. The fourth-order valence-corrected chi connectivity index (χ4v) is 3.53. The Labute approximate surface area is 152 Å². The summed E-state index contributed by atoms with van der Waals surface area (Å²) >= 11 is 0. The summed E-state index contributed by atoms with van der Waals surface area (Å²) in [7, 11) is -3.75. The Morgan fingerprint density at radius 1 is 1.12 bits per heavy atom. The third-order valence-electron chi connectivity index (χ3n) is 4.37. The Hall–Kier alpha value is -2.48. The third kappa shape index (κ3) is 4.01. The van der Waals surface area contributed by atoms with Crippen LogP contribution >= 0.6 is 0 Å². The van der Waals surface area contributed by atoms with Crippen molar-refractivity contribution in [2.45, 2.75) is 30.8 Å². The molecule has 1 unspecified atom stereocenters. The van der Waals surface area contributed by atoms with Gasteiger partial charge in [-0.2, -0.15) is 0 Å². The molecule has 7 heteroatoms. The second kappa shape index (κ2) is 7.41. The predicted octanol–water partition coefficient (Wildman–Crippen LogP) is 2.42. The molecule has 0 radical (unpaired) electrons. The lowest BCUT2D eigenvalue weighted by Crippen LogP contribution is -2.25. The van der Waals surface area contributed by atoms with E-state index in [1.807, 2.05) is 43.3 Å². The lowest BCUT2D eigenvalue weighted by atomic mass is 10.0. The highest BCUT2D eigenvalue weighted by atomic mass is 32.2. The Balaban J connectivity index is 1.84. The highest BCUT2D eigenvalue weighted by molar-refractivity contribution is 7.89. The van der Waals surface area contributed by atoms with Crippen molar-refractivity contribution in [3.05, 3.63) is 76.1 Å². The van der Waals surface area contributed by atoms with Crippen LogP contribution in [0.4, 0.5) is 0 Å². The van der Waals surface area contributed by atoms with Crippen LogP contribution in [0, 0.1) is 0 Å². The van der Waals surface area contributed by atoms with Crippen LogP contribution in [0.2, 0.25) is 0 Å². The molecular formula is C19H21N3O3S. The normalized spacial score (nSPS) is 13.0. The number of rotatable bonds is 6. The van der Waals surface area contributed by atoms with E-state index >= 15 is 0 Å². The first kappa shape index (κ1) is 18.3. The SMILES string of the molecule is CCC(NCc1cc2ccccc2[nH]c1=O)c1cccc(S(N)(=O)=O)c1. The maximum Gasteiger partial charge on any atom is 0.252 e. The molecule has 0 aliphatic rings. The van der Waals surface area contributed by atoms with E-state index in [4.69, 9.17) is 5.14 Å². The number of aromatic nitrogens is 1. The number of hydrogen-bond donors (Lipinski definition) is 3. The van der Waals surface area contributed by atoms with Gasteiger partial charge in [-0.1, -0.05) is 37.3 Å². The standard InChI is InChI=1S/C19H21N3O3S/c1-2-17(14-7-5-8-16(11-14)26(20,24)25)21-12-15-10-13-6-3-4-9-18(13)22-19(15)23/h3-11,17,21H,2,12H2,1H3,(H,22,23)(H2,20,24,25). The average molecular weight is 371 g/mol. The van der Waals surface area contributed by atoms with Gasteiger partial charge >= 0.3 is 0 Å². The molecule has 0 amide bonds. The molecule has 2 aromatic carbocycles. The smallest absolute Gasteiger partial charge is 0.252 e. The second-order valence-corrected chi connectivity index (χ2v) is 7.73. The van der Waals surface area contributed by atoms with Crippen molar-refractivity contribution in [2.75, 3.05) is 0 Å². The van der Waals surface area contributed by atoms with Crippen LogP contribution in [0.1, 0.15) is 30.5 Å². The van der Waals surface area contributed by atoms with Crippen LogP contribution in [-0.4, -0.2) is 13.4 Å². The van der Waals surface area contributed by atoms with Gasteiger partial charge in [0, 0.05) is 23.7 Å². The highest BCUT2D eigenvalue weighted by Gasteiger charge is 2.14. The summed E-state index contributed by atoms with van der Waals surface area (Å²) in [5.74, 6) is 0. The minimum absolute atomic E-state index is 0.0822. The Morgan fingerprint density at radius 3 is 2.62 bits per heavy atom. The van der Waals surface area contributed by atoms with Gasteiger partial charge in [0.2, 0.25) is 10.0 Å². The quantitative estimate of drug-likeness (QED) is 0.619. The van der Waals surface area contributed by atoms with Gasteiger partial charge in [-0.25, -0.2) is 13.6 Å². The number of nitrogens with one attached hydrogen (secondary N) is 2. The molecule has 0 aliphatic carbocycles. The Kier molecular flexibility index (Phi) is 5.22. The molecule has 0 spiro atoms. The molecule has 0 saturated carbocycles. The monoisotopic (exact) mass is 371 g/mol. The maximum absolute atomic E-state index is 12.3. The van der Waals surface area contributed by atoms with Crippen molar-refractivity contribution in [3.8, 4) is 0 Å². The van der Waals surface area contributed by atoms with E-state index in [1.54, 1.807) is 12.1 Å². The molecule has 3 rings (SSSR count). The number of benzene rings is 2. The van der Waals surface area contributed by atoms with Gasteiger partial charge < -0.3 is 10.3 Å². The number of sulfonamides is 1. The lowest BCUT2D eigenvalue weighted by molar-refractivity contribution is 0.516. The van der Waals surface area contributed by atoms with E-state index < -0.39 is 10.0 Å². The Morgan fingerprint density at radius 2 is 1.88 bits per heavy atom. The second-order valence-electron chi connectivity index (χ2n) is 6.17. The summed E-state index contributed by atoms with van der Waals surface area (Å²) in [6.45, 7) is 2.37. The van der Waals surface area contributed by atoms with E-state index in [2.05, 4.69) is 10.3 Å². The topological polar surface area (TPSA) is 105 Å². The summed E-state index contributed by atoms with van der Waals surface area (Å²) in [5, 5.41) is 9.51. The van der Waals surface area contributed by atoms with Gasteiger partial charge in [0.05, 0.1) is 4.90 Å². The fraction of sp³-hybridized carbons (Fsp3) is 0.211. The van der Waals surface area contributed by atoms with Crippen LogP contribution in [0.5, 0.6) is 0 Å². The van der Waals surface area contributed by atoms with Gasteiger partial charge in [0.1, 0.15) is 0 Å². The number of hydrogen-bond acceptors (Lipinski definition) is 4. The number of fused-ring (bicyclic) bond motifs is 1. The molecule has 0 aliphatic heterocycles. The summed E-state index contributed by atoms with van der Waals surface area (Å²) in [6.07, 6.45) is 0.736. The van der Waals surface area contributed by atoms with E-state index in [9.17, 15) is 13.2 Å². The zero-order valence-corrected chi connectivity index (χ0v) is 15.2. The van der Waals surface area contributed by atoms with Gasteiger partial charge in [-0.15, -0.1) is 0 Å². The molecule has 6 nitrogen and oxygen atoms in total. The van der Waals surface area contributed by atoms with Crippen LogP contribution in [0.3, 0.4) is 0 Å². The van der Waals surface area contributed by atoms with Crippen LogP contribution < -0.4 is 16.0 Å². The van der Waals surface area contributed by atoms with E-state index in [0.717, 1.165) is 22.9 Å². The zero-order valence-electron chi connectivity index (χ0n) is 14.4. The van der Waals surface area contributed by atoms with E-state index in [0.29, 0.717) is 12.1 Å². The van der Waals surface area contributed by atoms with Crippen LogP contribution in [0.25, 0.3) is 10.9 Å². The first-order valence-electron chi connectivity index (χ1n) is 8.35. The van der Waals surface area contributed by atoms with Crippen LogP contribution in [0.15, 0.2) is 64.3 Å². The third-order valence-corrected chi connectivity index (χ3v) is 5.28. The van der Waals surface area contributed by atoms with Gasteiger partial charge in [-0.05, 0) is 41.6 Å². The largest absolute Gasteiger partial charge is 0.322 e. The Bertz CT molecular complexity index is 1090. The van der Waals surface area contributed by atoms with Crippen LogP contribution in [-0.2, 0) is 16.6 Å². The maximum atomic E-state index is 12.3. The minimum atomic E-state index is -3.75. The number of pyridine rings is 1. The number of nitrogens with two attached hydrogens (primary N) is 1. The predicted molar refractivity (Wildman–Crippen MR) is 102 cm³/mol. The average Bonchev–Trinajstić information content (AvgIpc) is 2.62. The molecular weight excluding hydrogens is 350 g/mol. The van der Waals surface area contributed by atoms with Gasteiger partial charge in [0.25, 0.3) is 5.56 Å². The summed E-state index contributed by atoms with van der Waals surface area (Å²) in [6, 6.07) is 15.9. The summed E-state index contributed by atoms with van der Waals surface area (Å²) < 4.78 is 23.1. The molecule has 26 heavy (non-hydrogen) atoms. The zero-order chi connectivity index (χ0) is 18.7. The molecule has 1 atom stereocenters. The lowest BCUT2D eigenvalue weighted by Gasteiger charge is -2.18. The van der Waals surface area contributed by atoms with E-state index in [-0.39, 0.29) is 16.5 Å². The first-order valence-corrected chi connectivity index (χ1v) is 9.90. The van der Waals surface area contributed by atoms with Crippen molar-refractivity contribution >= 4 is 20.9 Å². The van der Waals surface area contributed by atoms with Crippen molar-refractivity contribution < 1.29 is 8.42 Å². The number of primary sulfonamides is 1. The molecule has 0 saturated heterocycles. The van der Waals surface area contributed by atoms with Crippen molar-refractivity contribution in [3.63, 3.8) is 0 Å². The summed E-state index contributed by atoms with van der Waals surface area (Å²) in [4.78, 5) is 15.2. The molecule has 0 bridgehead atoms. The number of para-hydroxylation sites is 1. The molecule has 3 aromatic rings. The van der Waals surface area contributed by atoms with E-state index in [1.165, 1.54) is 6.07 Å². The summed E-state index contributed by atoms with van der Waals surface area (Å²) in [5.41, 5.74) is 2.11. The van der Waals surface area contributed by atoms with Crippen molar-refractivity contribution in [1.29, 1.82) is 0 Å². The van der Waals surface area contributed by atoms with Crippen molar-refractivity contribution in [1.82, 2.24) is 10.3 Å².